The summed E-state index contributed by atoms with van der Waals surface area (Å²) in [4.78, 5) is 24.1. The highest BCUT2D eigenvalue weighted by Gasteiger charge is 2.32. The van der Waals surface area contributed by atoms with E-state index in [-0.39, 0.29) is 11.9 Å². The van der Waals surface area contributed by atoms with Crippen LogP contribution >= 0.6 is 11.3 Å². The average Bonchev–Trinajstić information content (AvgIpc) is 3.36. The second-order valence-corrected chi connectivity index (χ2v) is 6.98. The summed E-state index contributed by atoms with van der Waals surface area (Å²) < 4.78 is 7.39. The molecular formula is C18H18N4O2S. The summed E-state index contributed by atoms with van der Waals surface area (Å²) in [5.41, 5.74) is 0.955. The molecule has 3 aromatic rings. The van der Waals surface area contributed by atoms with Crippen LogP contribution in [0, 0.1) is 0 Å². The monoisotopic (exact) mass is 354 g/mol. The maximum absolute atomic E-state index is 12.3. The summed E-state index contributed by atoms with van der Waals surface area (Å²) in [6.45, 7) is 0.774. The second kappa shape index (κ2) is 6.33. The number of imidazole rings is 1. The third kappa shape index (κ3) is 2.70. The lowest BCUT2D eigenvalue weighted by atomic mass is 10.2. The zero-order valence-electron chi connectivity index (χ0n) is 14.0. The number of aromatic nitrogens is 3. The fourth-order valence-corrected chi connectivity index (χ4v) is 4.09. The molecule has 0 spiro atoms. The number of methoxy groups -OCH3 is 1. The fraction of sp³-hybridized carbons (Fsp3) is 0.278. The SMILES string of the molecule is COc1ccccc1-c1ncc(-c2nccn2[C@H]2CCN(C)C2=O)s1. The van der Waals surface area contributed by atoms with Crippen molar-refractivity contribution < 1.29 is 9.53 Å². The number of amides is 1. The highest BCUT2D eigenvalue weighted by atomic mass is 32.1. The lowest BCUT2D eigenvalue weighted by molar-refractivity contribution is -0.129. The zero-order valence-corrected chi connectivity index (χ0v) is 14.9. The minimum atomic E-state index is -0.181. The summed E-state index contributed by atoms with van der Waals surface area (Å²) in [5.74, 6) is 1.71. The van der Waals surface area contributed by atoms with Crippen LogP contribution in [-0.4, -0.2) is 46.0 Å². The minimum absolute atomic E-state index is 0.133. The van der Waals surface area contributed by atoms with E-state index in [9.17, 15) is 4.79 Å². The molecule has 0 radical (unpaired) electrons. The van der Waals surface area contributed by atoms with Crippen molar-refractivity contribution in [3.63, 3.8) is 0 Å². The quantitative estimate of drug-likeness (QED) is 0.722. The van der Waals surface area contributed by atoms with E-state index in [2.05, 4.69) is 9.97 Å². The van der Waals surface area contributed by atoms with Gasteiger partial charge in [0.05, 0.1) is 17.6 Å². The molecule has 1 saturated heterocycles. The van der Waals surface area contributed by atoms with Crippen LogP contribution in [0.2, 0.25) is 0 Å². The van der Waals surface area contributed by atoms with Crippen LogP contribution in [0.5, 0.6) is 5.75 Å². The number of nitrogens with zero attached hydrogens (tertiary/aromatic N) is 4. The van der Waals surface area contributed by atoms with Crippen LogP contribution in [0.15, 0.2) is 42.9 Å². The van der Waals surface area contributed by atoms with Gasteiger partial charge in [-0.1, -0.05) is 12.1 Å². The van der Waals surface area contributed by atoms with Crippen molar-refractivity contribution in [3.8, 4) is 27.0 Å². The van der Waals surface area contributed by atoms with Crippen LogP contribution in [0.4, 0.5) is 0 Å². The van der Waals surface area contributed by atoms with Gasteiger partial charge in [0.25, 0.3) is 0 Å². The molecule has 128 valence electrons. The van der Waals surface area contributed by atoms with E-state index in [0.717, 1.165) is 40.0 Å². The predicted molar refractivity (Wildman–Crippen MR) is 96.6 cm³/mol. The largest absolute Gasteiger partial charge is 0.496 e. The van der Waals surface area contributed by atoms with Crippen LogP contribution in [0.25, 0.3) is 21.3 Å². The number of likely N-dealkylation sites (N-methyl/N-ethyl adjacent to an activating group) is 1. The normalized spacial score (nSPS) is 17.3. The van der Waals surface area contributed by atoms with Crippen LogP contribution < -0.4 is 4.74 Å². The third-order valence-electron chi connectivity index (χ3n) is 4.47. The number of carbonyl (C=O) groups is 1. The van der Waals surface area contributed by atoms with Gasteiger partial charge in [-0.05, 0) is 18.6 Å². The van der Waals surface area contributed by atoms with Gasteiger partial charge in [0.15, 0.2) is 5.82 Å². The molecule has 0 N–H and O–H groups in total. The first kappa shape index (κ1) is 15.8. The summed E-state index contributed by atoms with van der Waals surface area (Å²) in [5, 5.41) is 0.872. The van der Waals surface area contributed by atoms with E-state index in [0.29, 0.717) is 0 Å². The molecule has 1 aliphatic heterocycles. The van der Waals surface area contributed by atoms with E-state index in [1.54, 1.807) is 29.5 Å². The molecule has 6 nitrogen and oxygen atoms in total. The Hall–Kier alpha value is -2.67. The molecule has 1 atom stereocenters. The molecule has 1 fully saturated rings. The van der Waals surface area contributed by atoms with Crippen LogP contribution in [-0.2, 0) is 4.79 Å². The van der Waals surface area contributed by atoms with Crippen molar-refractivity contribution >= 4 is 17.2 Å². The van der Waals surface area contributed by atoms with Gasteiger partial charge in [-0.3, -0.25) is 4.79 Å². The molecule has 1 aromatic carbocycles. The van der Waals surface area contributed by atoms with Crippen molar-refractivity contribution in [2.75, 3.05) is 20.7 Å². The fourth-order valence-electron chi connectivity index (χ4n) is 3.14. The third-order valence-corrected chi connectivity index (χ3v) is 5.49. The van der Waals surface area contributed by atoms with E-state index in [1.165, 1.54) is 0 Å². The van der Waals surface area contributed by atoms with E-state index in [4.69, 9.17) is 4.74 Å². The topological polar surface area (TPSA) is 60.3 Å². The number of hydrogen-bond acceptors (Lipinski definition) is 5. The summed E-state index contributed by atoms with van der Waals surface area (Å²) in [7, 11) is 3.49. The van der Waals surface area contributed by atoms with Gasteiger partial charge < -0.3 is 14.2 Å². The lowest BCUT2D eigenvalue weighted by Crippen LogP contribution is -2.24. The van der Waals surface area contributed by atoms with E-state index < -0.39 is 0 Å². The number of hydrogen-bond donors (Lipinski definition) is 0. The van der Waals surface area contributed by atoms with E-state index >= 15 is 0 Å². The van der Waals surface area contributed by atoms with Crippen LogP contribution in [0.3, 0.4) is 0 Å². The molecule has 2 aromatic heterocycles. The molecular weight excluding hydrogens is 336 g/mol. The number of benzene rings is 1. The maximum atomic E-state index is 12.3. The number of likely N-dealkylation sites (tertiary alicyclic amines) is 1. The van der Waals surface area contributed by atoms with Crippen molar-refractivity contribution in [3.05, 3.63) is 42.9 Å². The molecule has 1 aliphatic rings. The van der Waals surface area contributed by atoms with Crippen molar-refractivity contribution in [1.29, 1.82) is 0 Å². The average molecular weight is 354 g/mol. The van der Waals surface area contributed by atoms with Gasteiger partial charge in [0.2, 0.25) is 5.91 Å². The molecule has 7 heteroatoms. The van der Waals surface area contributed by atoms with Gasteiger partial charge in [-0.2, -0.15) is 0 Å². The molecule has 0 bridgehead atoms. The highest BCUT2D eigenvalue weighted by molar-refractivity contribution is 7.18. The molecule has 0 saturated carbocycles. The number of carbonyl (C=O) groups excluding carboxylic acids is 1. The molecule has 0 unspecified atom stereocenters. The van der Waals surface area contributed by atoms with Crippen molar-refractivity contribution in [2.45, 2.75) is 12.5 Å². The number of thiazole rings is 1. The first-order chi connectivity index (χ1) is 12.2. The standard InChI is InChI=1S/C18H18N4O2S/c1-21-9-7-13(18(21)23)22-10-8-19-16(22)15-11-20-17(25-15)12-5-3-4-6-14(12)24-2/h3-6,8,10-11,13H,7,9H2,1-2H3/t13-/m0/s1. The Labute approximate surface area is 149 Å². The van der Waals surface area contributed by atoms with Gasteiger partial charge in [-0.25, -0.2) is 9.97 Å². The summed E-state index contributed by atoms with van der Waals surface area (Å²) >= 11 is 1.55. The second-order valence-electron chi connectivity index (χ2n) is 5.95. The van der Waals surface area contributed by atoms with Crippen molar-refractivity contribution in [1.82, 2.24) is 19.4 Å². The Morgan fingerprint density at radius 3 is 2.88 bits per heavy atom. The molecule has 25 heavy (non-hydrogen) atoms. The number of rotatable bonds is 4. The number of para-hydroxylation sites is 1. The van der Waals surface area contributed by atoms with Crippen molar-refractivity contribution in [2.24, 2.45) is 0 Å². The molecule has 3 heterocycles. The van der Waals surface area contributed by atoms with Gasteiger partial charge in [0, 0.05) is 32.2 Å². The smallest absolute Gasteiger partial charge is 0.245 e. The molecule has 4 rings (SSSR count). The lowest BCUT2D eigenvalue weighted by Gasteiger charge is -2.13. The van der Waals surface area contributed by atoms with E-state index in [1.807, 2.05) is 48.3 Å². The van der Waals surface area contributed by atoms with Gasteiger partial charge >= 0.3 is 0 Å². The predicted octanol–water partition coefficient (Wildman–Crippen LogP) is 3.09. The highest BCUT2D eigenvalue weighted by Crippen LogP contribution is 2.37. The van der Waals surface area contributed by atoms with Crippen LogP contribution in [0.1, 0.15) is 12.5 Å². The molecule has 0 aliphatic carbocycles. The first-order valence-corrected chi connectivity index (χ1v) is 8.88. The first-order valence-electron chi connectivity index (χ1n) is 8.06. The zero-order chi connectivity index (χ0) is 17.4. The Kier molecular flexibility index (Phi) is 4.01. The molecule has 1 amide bonds. The number of ether oxygens (including phenoxy) is 1. The minimum Gasteiger partial charge on any atom is -0.496 e. The summed E-state index contributed by atoms with van der Waals surface area (Å²) in [6, 6.07) is 7.63. The Morgan fingerprint density at radius 2 is 2.12 bits per heavy atom. The Bertz CT molecular complexity index is 917. The summed E-state index contributed by atoms with van der Waals surface area (Å²) in [6.07, 6.45) is 6.23. The van der Waals surface area contributed by atoms with Gasteiger partial charge in [-0.15, -0.1) is 11.3 Å². The Balaban J connectivity index is 1.70. The van der Waals surface area contributed by atoms with Gasteiger partial charge in [0.1, 0.15) is 16.8 Å². The Morgan fingerprint density at radius 1 is 1.28 bits per heavy atom. The maximum Gasteiger partial charge on any atom is 0.245 e.